The highest BCUT2D eigenvalue weighted by molar-refractivity contribution is 5.13. The van der Waals surface area contributed by atoms with E-state index in [4.69, 9.17) is 0 Å². The minimum Gasteiger partial charge on any atom is -0.0651 e. The highest BCUT2D eigenvalue weighted by Crippen LogP contribution is 2.72. The zero-order valence-electron chi connectivity index (χ0n) is 7.47. The third-order valence-corrected chi connectivity index (χ3v) is 5.06. The molecule has 2 bridgehead atoms. The van der Waals surface area contributed by atoms with Crippen molar-refractivity contribution in [2.24, 2.45) is 23.2 Å². The molecular weight excluding hydrogens is 132 g/mol. The largest absolute Gasteiger partial charge is 0.0651 e. The molecule has 0 amide bonds. The van der Waals surface area contributed by atoms with Crippen LogP contribution in [-0.4, -0.2) is 0 Å². The Hall–Kier alpha value is 0. The van der Waals surface area contributed by atoms with Crippen molar-refractivity contribution in [2.75, 3.05) is 0 Å². The van der Waals surface area contributed by atoms with Gasteiger partial charge in [-0.2, -0.15) is 0 Å². The normalized spacial score (nSPS) is 59.2. The number of rotatable bonds is 1. The smallest absolute Gasteiger partial charge is 0.0235 e. The summed E-state index contributed by atoms with van der Waals surface area (Å²) in [5, 5.41) is 0. The molecule has 4 saturated carbocycles. The molecule has 4 rings (SSSR count). The third-order valence-electron chi connectivity index (χ3n) is 5.06. The van der Waals surface area contributed by atoms with Crippen molar-refractivity contribution in [1.82, 2.24) is 0 Å². The lowest BCUT2D eigenvalue weighted by atomic mass is 9.58. The van der Waals surface area contributed by atoms with Crippen LogP contribution in [0.25, 0.3) is 0 Å². The molecule has 0 saturated heterocycles. The van der Waals surface area contributed by atoms with Gasteiger partial charge in [-0.15, -0.1) is 0 Å². The fourth-order valence-corrected chi connectivity index (χ4v) is 4.61. The lowest BCUT2D eigenvalue weighted by molar-refractivity contribution is 0.0241. The second kappa shape index (κ2) is 1.84. The average molecular weight is 150 g/mol. The lowest BCUT2D eigenvalue weighted by Crippen LogP contribution is -2.39. The molecule has 0 aromatic carbocycles. The molecule has 4 unspecified atom stereocenters. The Bertz CT molecular complexity index is 180. The number of fused-ring (bicyclic) bond motifs is 1. The van der Waals surface area contributed by atoms with Crippen molar-refractivity contribution in [3.05, 3.63) is 0 Å². The summed E-state index contributed by atoms with van der Waals surface area (Å²) in [6, 6.07) is 0. The second-order valence-corrected chi connectivity index (χ2v) is 5.03. The lowest BCUT2D eigenvalue weighted by Gasteiger charge is -2.46. The van der Waals surface area contributed by atoms with Gasteiger partial charge in [0.25, 0.3) is 0 Å². The molecule has 4 atom stereocenters. The fourth-order valence-electron chi connectivity index (χ4n) is 4.61. The minimum absolute atomic E-state index is 0.916. The molecule has 0 aromatic rings. The molecule has 0 nitrogen and oxygen atoms in total. The van der Waals surface area contributed by atoms with Crippen LogP contribution in [-0.2, 0) is 0 Å². The van der Waals surface area contributed by atoms with Gasteiger partial charge in [0.05, 0.1) is 0 Å². The Kier molecular flexibility index (Phi) is 1.09. The fraction of sp³-hybridized carbons (Fsp3) is 1.00. The van der Waals surface area contributed by atoms with Gasteiger partial charge >= 0.3 is 0 Å². The summed E-state index contributed by atoms with van der Waals surface area (Å²) in [5.41, 5.74) is 0.916. The SMILES string of the molecule is CCC1CCC2C3CCC12C3. The molecule has 0 radical (unpaired) electrons. The molecule has 0 heteroatoms. The maximum Gasteiger partial charge on any atom is -0.0235 e. The van der Waals surface area contributed by atoms with Crippen LogP contribution < -0.4 is 0 Å². The van der Waals surface area contributed by atoms with Crippen LogP contribution in [0.5, 0.6) is 0 Å². The van der Waals surface area contributed by atoms with Crippen molar-refractivity contribution >= 4 is 0 Å². The number of hydrogen-bond donors (Lipinski definition) is 0. The molecule has 0 aliphatic heterocycles. The highest BCUT2D eigenvalue weighted by Gasteiger charge is 2.63. The van der Waals surface area contributed by atoms with E-state index in [1.807, 2.05) is 0 Å². The van der Waals surface area contributed by atoms with Crippen LogP contribution in [0.1, 0.15) is 45.4 Å². The van der Waals surface area contributed by atoms with E-state index in [1.54, 1.807) is 32.1 Å². The van der Waals surface area contributed by atoms with Crippen LogP contribution >= 0.6 is 0 Å². The Morgan fingerprint density at radius 3 is 2.91 bits per heavy atom. The Morgan fingerprint density at radius 1 is 1.27 bits per heavy atom. The van der Waals surface area contributed by atoms with Crippen LogP contribution in [0.15, 0.2) is 0 Å². The summed E-state index contributed by atoms with van der Waals surface area (Å²) in [5.74, 6) is 3.52. The summed E-state index contributed by atoms with van der Waals surface area (Å²) < 4.78 is 0. The van der Waals surface area contributed by atoms with Gasteiger partial charge in [-0.3, -0.25) is 0 Å². The van der Waals surface area contributed by atoms with E-state index in [1.165, 1.54) is 18.3 Å². The Balaban J connectivity index is 1.92. The summed E-state index contributed by atoms with van der Waals surface area (Å²) in [4.78, 5) is 0. The Morgan fingerprint density at radius 2 is 2.18 bits per heavy atom. The summed E-state index contributed by atoms with van der Waals surface area (Å²) in [7, 11) is 0. The standard InChI is InChI=1S/C11H18/c1-2-9-3-4-10-8-5-6-11(9,10)7-8/h8-10H,2-7H2,1H3. The van der Waals surface area contributed by atoms with E-state index >= 15 is 0 Å². The highest BCUT2D eigenvalue weighted by atomic mass is 14.7. The molecule has 4 aliphatic rings. The van der Waals surface area contributed by atoms with Gasteiger partial charge in [-0.25, -0.2) is 0 Å². The van der Waals surface area contributed by atoms with Gasteiger partial charge in [0, 0.05) is 0 Å². The van der Waals surface area contributed by atoms with E-state index in [2.05, 4.69) is 6.92 Å². The Labute approximate surface area is 69.4 Å². The van der Waals surface area contributed by atoms with Gasteiger partial charge < -0.3 is 0 Å². The maximum atomic E-state index is 2.40. The van der Waals surface area contributed by atoms with Crippen LogP contribution in [0.4, 0.5) is 0 Å². The minimum atomic E-state index is 0.916. The zero-order chi connectivity index (χ0) is 7.47. The van der Waals surface area contributed by atoms with Crippen molar-refractivity contribution < 1.29 is 0 Å². The molecular formula is C11H18. The first kappa shape index (κ1) is 6.51. The van der Waals surface area contributed by atoms with Crippen molar-refractivity contribution in [2.45, 2.75) is 45.4 Å². The first-order valence-electron chi connectivity index (χ1n) is 5.37. The van der Waals surface area contributed by atoms with Crippen LogP contribution in [0.2, 0.25) is 0 Å². The summed E-state index contributed by atoms with van der Waals surface area (Å²) in [6.45, 7) is 2.40. The van der Waals surface area contributed by atoms with E-state index in [-0.39, 0.29) is 0 Å². The van der Waals surface area contributed by atoms with Crippen LogP contribution in [0.3, 0.4) is 0 Å². The molecule has 4 aliphatic carbocycles. The third kappa shape index (κ3) is 0.554. The van der Waals surface area contributed by atoms with E-state index < -0.39 is 0 Å². The molecule has 62 valence electrons. The van der Waals surface area contributed by atoms with Gasteiger partial charge in [-0.05, 0) is 55.3 Å². The zero-order valence-corrected chi connectivity index (χ0v) is 7.47. The van der Waals surface area contributed by atoms with Crippen molar-refractivity contribution in [1.29, 1.82) is 0 Å². The maximum absolute atomic E-state index is 2.40. The molecule has 0 aromatic heterocycles. The van der Waals surface area contributed by atoms with Gasteiger partial charge in [0.1, 0.15) is 0 Å². The topological polar surface area (TPSA) is 0 Å². The van der Waals surface area contributed by atoms with Gasteiger partial charge in [-0.1, -0.05) is 13.3 Å². The average Bonchev–Trinajstić information content (AvgIpc) is 2.58. The van der Waals surface area contributed by atoms with Crippen LogP contribution in [0, 0.1) is 23.2 Å². The predicted octanol–water partition coefficient (Wildman–Crippen LogP) is 3.22. The molecule has 0 N–H and O–H groups in total. The quantitative estimate of drug-likeness (QED) is 0.538. The summed E-state index contributed by atoms with van der Waals surface area (Å²) >= 11 is 0. The summed E-state index contributed by atoms with van der Waals surface area (Å²) in [6.07, 6.45) is 9.42. The van der Waals surface area contributed by atoms with E-state index in [0.717, 1.165) is 11.3 Å². The predicted molar refractivity (Wildman–Crippen MR) is 46.3 cm³/mol. The molecule has 4 fully saturated rings. The first-order valence-corrected chi connectivity index (χ1v) is 5.37. The van der Waals surface area contributed by atoms with Crippen molar-refractivity contribution in [3.63, 3.8) is 0 Å². The first-order chi connectivity index (χ1) is 5.37. The van der Waals surface area contributed by atoms with E-state index in [0.29, 0.717) is 0 Å². The second-order valence-electron chi connectivity index (χ2n) is 5.03. The molecule has 1 spiro atoms. The molecule has 0 heterocycles. The van der Waals surface area contributed by atoms with E-state index in [9.17, 15) is 0 Å². The van der Waals surface area contributed by atoms with Gasteiger partial charge in [0.2, 0.25) is 0 Å². The molecule has 11 heavy (non-hydrogen) atoms. The van der Waals surface area contributed by atoms with Gasteiger partial charge in [0.15, 0.2) is 0 Å². The number of hydrogen-bond acceptors (Lipinski definition) is 0. The van der Waals surface area contributed by atoms with Crippen molar-refractivity contribution in [3.8, 4) is 0 Å². The monoisotopic (exact) mass is 150 g/mol.